The van der Waals surface area contributed by atoms with Crippen LogP contribution in [-0.4, -0.2) is 31.3 Å². The molecule has 1 unspecified atom stereocenters. The Balaban J connectivity index is 2.58. The highest BCUT2D eigenvalue weighted by Crippen LogP contribution is 2.14. The molecular formula is C17H23NO3. The van der Waals surface area contributed by atoms with Crippen LogP contribution in [0.15, 0.2) is 24.3 Å². The minimum atomic E-state index is -0.0559. The number of nitrogens with one attached hydrogen (secondary N) is 1. The molecule has 0 aliphatic rings. The topological polar surface area (TPSA) is 58.6 Å². The smallest absolute Gasteiger partial charge is 0.220 e. The van der Waals surface area contributed by atoms with E-state index in [4.69, 9.17) is 9.84 Å². The number of amides is 1. The minimum absolute atomic E-state index is 0.0244. The lowest BCUT2D eigenvalue weighted by Gasteiger charge is -2.14. The molecular weight excluding hydrogens is 266 g/mol. The molecule has 114 valence electrons. The summed E-state index contributed by atoms with van der Waals surface area (Å²) < 4.78 is 4.93. The molecule has 0 saturated carbocycles. The first-order chi connectivity index (χ1) is 10.2. The van der Waals surface area contributed by atoms with Crippen molar-refractivity contribution >= 4 is 5.91 Å². The largest absolute Gasteiger partial charge is 0.395 e. The van der Waals surface area contributed by atoms with Crippen LogP contribution in [0.25, 0.3) is 0 Å². The van der Waals surface area contributed by atoms with Crippen molar-refractivity contribution in [1.82, 2.24) is 5.32 Å². The third-order valence-electron chi connectivity index (χ3n) is 2.99. The highest BCUT2D eigenvalue weighted by molar-refractivity contribution is 5.76. The summed E-state index contributed by atoms with van der Waals surface area (Å²) in [5.41, 5.74) is 1.91. The quantitative estimate of drug-likeness (QED) is 0.596. The number of carbonyl (C=O) groups excluding carboxylic acids is 1. The van der Waals surface area contributed by atoms with Gasteiger partial charge >= 0.3 is 0 Å². The zero-order valence-corrected chi connectivity index (χ0v) is 12.7. The maximum atomic E-state index is 11.8. The molecule has 2 N–H and O–H groups in total. The lowest BCUT2D eigenvalue weighted by atomic mass is 10.0. The zero-order chi connectivity index (χ0) is 15.5. The Bertz CT molecular complexity index is 502. The van der Waals surface area contributed by atoms with Gasteiger partial charge in [-0.3, -0.25) is 4.79 Å². The third-order valence-corrected chi connectivity index (χ3v) is 2.99. The molecule has 0 aromatic heterocycles. The van der Waals surface area contributed by atoms with E-state index in [1.165, 1.54) is 0 Å². The van der Waals surface area contributed by atoms with E-state index < -0.39 is 0 Å². The number of carbonyl (C=O) groups is 1. The van der Waals surface area contributed by atoms with Crippen LogP contribution >= 0.6 is 0 Å². The third kappa shape index (κ3) is 6.94. The summed E-state index contributed by atoms with van der Waals surface area (Å²) in [5, 5.41) is 11.7. The summed E-state index contributed by atoms with van der Waals surface area (Å²) in [5.74, 6) is 5.91. The van der Waals surface area contributed by atoms with Crippen LogP contribution in [0, 0.1) is 11.8 Å². The van der Waals surface area contributed by atoms with Crippen LogP contribution in [0.2, 0.25) is 0 Å². The van der Waals surface area contributed by atoms with Gasteiger partial charge in [-0.05, 0) is 31.0 Å². The van der Waals surface area contributed by atoms with Crippen LogP contribution in [0.4, 0.5) is 0 Å². The van der Waals surface area contributed by atoms with E-state index in [2.05, 4.69) is 17.2 Å². The lowest BCUT2D eigenvalue weighted by molar-refractivity contribution is -0.122. The molecule has 0 heterocycles. The number of aliphatic hydroxyl groups is 1. The average molecular weight is 289 g/mol. The monoisotopic (exact) mass is 289 g/mol. The Morgan fingerprint density at radius 1 is 1.48 bits per heavy atom. The SMILES string of the molecule is COCCCC(=O)NC(C)c1cccc(C#CCCO)c1. The van der Waals surface area contributed by atoms with Gasteiger partial charge in [-0.2, -0.15) is 0 Å². The summed E-state index contributed by atoms with van der Waals surface area (Å²) in [7, 11) is 1.63. The molecule has 1 atom stereocenters. The maximum absolute atomic E-state index is 11.8. The van der Waals surface area contributed by atoms with Crippen LogP contribution in [0.1, 0.15) is 43.4 Å². The Hall–Kier alpha value is -1.83. The number of rotatable bonds is 7. The number of hydrogen-bond acceptors (Lipinski definition) is 3. The van der Waals surface area contributed by atoms with E-state index in [0.29, 0.717) is 19.4 Å². The second kappa shape index (κ2) is 9.98. The van der Waals surface area contributed by atoms with Gasteiger partial charge in [-0.15, -0.1) is 0 Å². The molecule has 0 fully saturated rings. The predicted octanol–water partition coefficient (Wildman–Crippen LogP) is 2.02. The Labute approximate surface area is 126 Å². The van der Waals surface area contributed by atoms with Crippen molar-refractivity contribution in [2.75, 3.05) is 20.3 Å². The van der Waals surface area contributed by atoms with Crippen LogP contribution < -0.4 is 5.32 Å². The fraction of sp³-hybridized carbons (Fsp3) is 0.471. The maximum Gasteiger partial charge on any atom is 0.220 e. The fourth-order valence-electron chi connectivity index (χ4n) is 1.88. The number of ether oxygens (including phenoxy) is 1. The number of benzene rings is 1. The molecule has 1 aromatic carbocycles. The van der Waals surface area contributed by atoms with Gasteiger partial charge < -0.3 is 15.2 Å². The molecule has 0 radical (unpaired) electrons. The van der Waals surface area contributed by atoms with Gasteiger partial charge in [0.05, 0.1) is 12.6 Å². The van der Waals surface area contributed by atoms with Gasteiger partial charge in [0, 0.05) is 32.1 Å². The second-order valence-electron chi connectivity index (χ2n) is 4.79. The first kappa shape index (κ1) is 17.2. The van der Waals surface area contributed by atoms with E-state index in [0.717, 1.165) is 17.5 Å². The molecule has 21 heavy (non-hydrogen) atoms. The minimum Gasteiger partial charge on any atom is -0.395 e. The van der Waals surface area contributed by atoms with Crippen molar-refractivity contribution in [2.24, 2.45) is 0 Å². The molecule has 0 aliphatic carbocycles. The van der Waals surface area contributed by atoms with Gasteiger partial charge in [0.1, 0.15) is 0 Å². The molecule has 4 nitrogen and oxygen atoms in total. The summed E-state index contributed by atoms with van der Waals surface area (Å²) in [6, 6.07) is 7.72. The summed E-state index contributed by atoms with van der Waals surface area (Å²) >= 11 is 0. The molecule has 0 saturated heterocycles. The van der Waals surface area contributed by atoms with E-state index in [9.17, 15) is 4.79 Å². The number of methoxy groups -OCH3 is 1. The molecule has 1 aromatic rings. The van der Waals surface area contributed by atoms with Crippen molar-refractivity contribution in [3.8, 4) is 11.8 Å². The summed E-state index contributed by atoms with van der Waals surface area (Å²) in [6.07, 6.45) is 1.66. The Morgan fingerprint density at radius 2 is 2.29 bits per heavy atom. The van der Waals surface area contributed by atoms with E-state index >= 15 is 0 Å². The van der Waals surface area contributed by atoms with Crippen LogP contribution in [-0.2, 0) is 9.53 Å². The number of hydrogen-bond donors (Lipinski definition) is 2. The molecule has 4 heteroatoms. The van der Waals surface area contributed by atoms with Crippen molar-refractivity contribution in [1.29, 1.82) is 0 Å². The molecule has 1 amide bonds. The molecule has 0 spiro atoms. The van der Waals surface area contributed by atoms with E-state index in [1.807, 2.05) is 31.2 Å². The van der Waals surface area contributed by atoms with Crippen LogP contribution in [0.3, 0.4) is 0 Å². The summed E-state index contributed by atoms with van der Waals surface area (Å²) in [6.45, 7) is 2.62. The standard InChI is InChI=1S/C17H23NO3/c1-14(18-17(20)10-6-12-21-2)16-9-5-8-15(13-16)7-3-4-11-19/h5,8-9,13-14,19H,4,6,10-12H2,1-2H3,(H,18,20). The first-order valence-corrected chi connectivity index (χ1v) is 7.15. The highest BCUT2D eigenvalue weighted by Gasteiger charge is 2.09. The molecule has 0 bridgehead atoms. The van der Waals surface area contributed by atoms with Crippen molar-refractivity contribution in [3.63, 3.8) is 0 Å². The van der Waals surface area contributed by atoms with Crippen molar-refractivity contribution in [3.05, 3.63) is 35.4 Å². The van der Waals surface area contributed by atoms with Gasteiger partial charge in [-0.25, -0.2) is 0 Å². The first-order valence-electron chi connectivity index (χ1n) is 7.15. The van der Waals surface area contributed by atoms with Crippen molar-refractivity contribution < 1.29 is 14.6 Å². The van der Waals surface area contributed by atoms with Gasteiger partial charge in [0.2, 0.25) is 5.91 Å². The zero-order valence-electron chi connectivity index (χ0n) is 12.7. The van der Waals surface area contributed by atoms with E-state index in [1.54, 1.807) is 7.11 Å². The average Bonchev–Trinajstić information content (AvgIpc) is 2.48. The lowest BCUT2D eigenvalue weighted by Crippen LogP contribution is -2.26. The van der Waals surface area contributed by atoms with Crippen molar-refractivity contribution in [2.45, 2.75) is 32.2 Å². The molecule has 1 rings (SSSR count). The summed E-state index contributed by atoms with van der Waals surface area (Å²) in [4.78, 5) is 11.8. The number of aliphatic hydroxyl groups excluding tert-OH is 1. The Kier molecular flexibility index (Phi) is 8.18. The molecule has 0 aliphatic heterocycles. The van der Waals surface area contributed by atoms with Crippen LogP contribution in [0.5, 0.6) is 0 Å². The predicted molar refractivity (Wildman–Crippen MR) is 82.7 cm³/mol. The van der Waals surface area contributed by atoms with Gasteiger partial charge in [-0.1, -0.05) is 24.0 Å². The second-order valence-corrected chi connectivity index (χ2v) is 4.79. The highest BCUT2D eigenvalue weighted by atomic mass is 16.5. The van der Waals surface area contributed by atoms with E-state index in [-0.39, 0.29) is 18.6 Å². The van der Waals surface area contributed by atoms with Gasteiger partial charge in [0.15, 0.2) is 0 Å². The fourth-order valence-corrected chi connectivity index (χ4v) is 1.88. The normalized spacial score (nSPS) is 11.4. The Morgan fingerprint density at radius 3 is 3.00 bits per heavy atom. The van der Waals surface area contributed by atoms with Gasteiger partial charge in [0.25, 0.3) is 0 Å².